The minimum Gasteiger partial charge on any atom is -0.494 e. The van der Waals surface area contributed by atoms with Gasteiger partial charge in [-0.25, -0.2) is 4.39 Å². The van der Waals surface area contributed by atoms with Crippen molar-refractivity contribution < 1.29 is 9.13 Å². The minimum atomic E-state index is -0.277. The fraction of sp³-hybridized carbons (Fsp3) is 0.250. The summed E-state index contributed by atoms with van der Waals surface area (Å²) < 4.78 is 20.4. The zero-order valence-corrected chi connectivity index (χ0v) is 13.6. The molecule has 2 nitrogen and oxygen atoms in total. The number of hydrogen-bond donors (Lipinski definition) is 1. The molecule has 0 aliphatic carbocycles. The standard InChI is InChI=1S/C16H17FINO/c1-19-14(11-5-3-7-13(18)9-11)10-12-6-4-8-15(20-2)16(12)17/h3-9,14,19H,10H2,1-2H3. The van der Waals surface area contributed by atoms with E-state index in [1.165, 1.54) is 10.7 Å². The van der Waals surface area contributed by atoms with Gasteiger partial charge in [0.15, 0.2) is 11.6 Å². The number of nitrogens with one attached hydrogen (secondary N) is 1. The van der Waals surface area contributed by atoms with Crippen molar-refractivity contribution in [1.82, 2.24) is 5.32 Å². The number of hydrogen-bond acceptors (Lipinski definition) is 2. The first-order valence-corrected chi connectivity index (χ1v) is 7.47. The summed E-state index contributed by atoms with van der Waals surface area (Å²) in [5.41, 5.74) is 1.81. The molecule has 2 aromatic carbocycles. The fourth-order valence-corrected chi connectivity index (χ4v) is 2.77. The van der Waals surface area contributed by atoms with E-state index in [-0.39, 0.29) is 11.9 Å². The lowest BCUT2D eigenvalue weighted by atomic mass is 9.98. The Morgan fingerprint density at radius 2 is 2.00 bits per heavy atom. The average molecular weight is 385 g/mol. The largest absolute Gasteiger partial charge is 0.494 e. The number of benzene rings is 2. The smallest absolute Gasteiger partial charge is 0.168 e. The van der Waals surface area contributed by atoms with E-state index in [1.54, 1.807) is 12.1 Å². The van der Waals surface area contributed by atoms with E-state index in [0.29, 0.717) is 17.7 Å². The lowest BCUT2D eigenvalue weighted by Gasteiger charge is -2.18. The highest BCUT2D eigenvalue weighted by atomic mass is 127. The zero-order valence-electron chi connectivity index (χ0n) is 11.5. The predicted molar refractivity (Wildman–Crippen MR) is 87.6 cm³/mol. The molecule has 2 aromatic rings. The SMILES string of the molecule is CNC(Cc1cccc(OC)c1F)c1cccc(I)c1. The molecule has 0 saturated carbocycles. The summed E-state index contributed by atoms with van der Waals surface area (Å²) in [6, 6.07) is 13.6. The summed E-state index contributed by atoms with van der Waals surface area (Å²) in [6.45, 7) is 0. The van der Waals surface area contributed by atoms with E-state index in [2.05, 4.69) is 40.0 Å². The molecule has 0 saturated heterocycles. The van der Waals surface area contributed by atoms with E-state index < -0.39 is 0 Å². The zero-order chi connectivity index (χ0) is 14.5. The quantitative estimate of drug-likeness (QED) is 0.788. The molecular formula is C16H17FINO. The maximum Gasteiger partial charge on any atom is 0.168 e. The van der Waals surface area contributed by atoms with Crippen LogP contribution in [0.25, 0.3) is 0 Å². The van der Waals surface area contributed by atoms with Gasteiger partial charge in [0.2, 0.25) is 0 Å². The first-order valence-electron chi connectivity index (χ1n) is 6.39. The molecule has 0 fully saturated rings. The van der Waals surface area contributed by atoms with Crippen LogP contribution in [-0.4, -0.2) is 14.2 Å². The first-order chi connectivity index (χ1) is 9.65. The lowest BCUT2D eigenvalue weighted by Crippen LogP contribution is -2.19. The van der Waals surface area contributed by atoms with Crippen molar-refractivity contribution in [3.63, 3.8) is 0 Å². The monoisotopic (exact) mass is 385 g/mol. The van der Waals surface area contributed by atoms with Gasteiger partial charge >= 0.3 is 0 Å². The summed E-state index contributed by atoms with van der Waals surface area (Å²) in [7, 11) is 3.37. The van der Waals surface area contributed by atoms with Gasteiger partial charge in [0.25, 0.3) is 0 Å². The Labute approximate surface area is 132 Å². The summed E-state index contributed by atoms with van der Waals surface area (Å²) in [5, 5.41) is 3.25. The van der Waals surface area contributed by atoms with Gasteiger partial charge in [-0.15, -0.1) is 0 Å². The van der Waals surface area contributed by atoms with Gasteiger partial charge in [-0.3, -0.25) is 0 Å². The molecule has 4 heteroatoms. The van der Waals surface area contributed by atoms with Crippen LogP contribution in [0, 0.1) is 9.39 Å². The molecule has 2 rings (SSSR count). The van der Waals surface area contributed by atoms with Crippen LogP contribution in [-0.2, 0) is 6.42 Å². The normalized spacial score (nSPS) is 12.2. The van der Waals surface area contributed by atoms with Crippen molar-refractivity contribution in [2.75, 3.05) is 14.2 Å². The van der Waals surface area contributed by atoms with Gasteiger partial charge < -0.3 is 10.1 Å². The Morgan fingerprint density at radius 3 is 2.65 bits per heavy atom. The summed E-state index contributed by atoms with van der Waals surface area (Å²) >= 11 is 2.28. The number of halogens is 2. The number of likely N-dealkylation sites (N-methyl/N-ethyl adjacent to an activating group) is 1. The molecule has 0 aromatic heterocycles. The molecule has 0 heterocycles. The highest BCUT2D eigenvalue weighted by molar-refractivity contribution is 14.1. The molecule has 0 bridgehead atoms. The molecule has 0 spiro atoms. The molecule has 1 N–H and O–H groups in total. The predicted octanol–water partition coefficient (Wildman–Crippen LogP) is 3.94. The Hall–Kier alpha value is -1.14. The van der Waals surface area contributed by atoms with Crippen LogP contribution < -0.4 is 10.1 Å². The van der Waals surface area contributed by atoms with Gasteiger partial charge in [0, 0.05) is 9.61 Å². The Balaban J connectivity index is 2.27. The third-order valence-corrected chi connectivity index (χ3v) is 3.96. The topological polar surface area (TPSA) is 21.3 Å². The number of rotatable bonds is 5. The highest BCUT2D eigenvalue weighted by Gasteiger charge is 2.15. The first kappa shape index (κ1) is 15.3. The van der Waals surface area contributed by atoms with E-state index in [1.807, 2.05) is 25.2 Å². The van der Waals surface area contributed by atoms with Crippen molar-refractivity contribution in [3.05, 3.63) is 63.0 Å². The molecule has 0 aliphatic heterocycles. The Morgan fingerprint density at radius 1 is 1.25 bits per heavy atom. The van der Waals surface area contributed by atoms with E-state index >= 15 is 0 Å². The average Bonchev–Trinajstić information content (AvgIpc) is 2.46. The van der Waals surface area contributed by atoms with E-state index in [4.69, 9.17) is 4.74 Å². The lowest BCUT2D eigenvalue weighted by molar-refractivity contribution is 0.383. The van der Waals surface area contributed by atoms with Gasteiger partial charge in [-0.2, -0.15) is 0 Å². The van der Waals surface area contributed by atoms with Crippen molar-refractivity contribution in [3.8, 4) is 5.75 Å². The third-order valence-electron chi connectivity index (χ3n) is 3.29. The van der Waals surface area contributed by atoms with E-state index in [0.717, 1.165) is 5.56 Å². The Kier molecular flexibility index (Phi) is 5.37. The molecule has 0 radical (unpaired) electrons. The molecule has 20 heavy (non-hydrogen) atoms. The van der Waals surface area contributed by atoms with Crippen molar-refractivity contribution in [2.45, 2.75) is 12.5 Å². The number of ether oxygens (including phenoxy) is 1. The summed E-state index contributed by atoms with van der Waals surface area (Å²) in [5.74, 6) is 0.0147. The van der Waals surface area contributed by atoms with Crippen molar-refractivity contribution in [1.29, 1.82) is 0 Å². The van der Waals surface area contributed by atoms with E-state index in [9.17, 15) is 4.39 Å². The van der Waals surface area contributed by atoms with Gasteiger partial charge in [0.05, 0.1) is 7.11 Å². The molecule has 0 amide bonds. The fourth-order valence-electron chi connectivity index (χ4n) is 2.20. The van der Waals surface area contributed by atoms with Crippen LogP contribution in [0.15, 0.2) is 42.5 Å². The van der Waals surface area contributed by atoms with Crippen molar-refractivity contribution in [2.24, 2.45) is 0 Å². The van der Waals surface area contributed by atoms with Crippen LogP contribution in [0.3, 0.4) is 0 Å². The van der Waals surface area contributed by atoms with Crippen LogP contribution in [0.2, 0.25) is 0 Å². The van der Waals surface area contributed by atoms with Crippen LogP contribution in [0.4, 0.5) is 4.39 Å². The van der Waals surface area contributed by atoms with Gasteiger partial charge in [-0.05, 0) is 65.4 Å². The molecule has 1 unspecified atom stereocenters. The summed E-state index contributed by atoms with van der Waals surface area (Å²) in [6.07, 6.45) is 0.583. The van der Waals surface area contributed by atoms with Crippen molar-refractivity contribution >= 4 is 22.6 Å². The Bertz CT molecular complexity index is 588. The third kappa shape index (κ3) is 3.49. The second-order valence-corrected chi connectivity index (χ2v) is 5.78. The molecule has 1 atom stereocenters. The van der Waals surface area contributed by atoms with Crippen LogP contribution in [0.1, 0.15) is 17.2 Å². The van der Waals surface area contributed by atoms with Gasteiger partial charge in [0.1, 0.15) is 0 Å². The summed E-state index contributed by atoms with van der Waals surface area (Å²) in [4.78, 5) is 0. The molecule has 106 valence electrons. The second kappa shape index (κ2) is 7.04. The maximum atomic E-state index is 14.2. The minimum absolute atomic E-state index is 0.0753. The molecule has 0 aliphatic rings. The van der Waals surface area contributed by atoms with Crippen LogP contribution in [0.5, 0.6) is 5.75 Å². The van der Waals surface area contributed by atoms with Crippen LogP contribution >= 0.6 is 22.6 Å². The van der Waals surface area contributed by atoms with Gasteiger partial charge in [-0.1, -0.05) is 24.3 Å². The number of methoxy groups -OCH3 is 1. The highest BCUT2D eigenvalue weighted by Crippen LogP contribution is 2.25. The molecular weight excluding hydrogens is 368 g/mol. The second-order valence-electron chi connectivity index (χ2n) is 4.53. The maximum absolute atomic E-state index is 14.2.